The van der Waals surface area contributed by atoms with Crippen LogP contribution in [0.2, 0.25) is 5.02 Å². The van der Waals surface area contributed by atoms with E-state index in [9.17, 15) is 13.2 Å². The maximum absolute atomic E-state index is 13.6. The number of benzene rings is 2. The number of hydrogen-bond acceptors (Lipinski definition) is 6. The molecule has 41 heavy (non-hydrogen) atoms. The number of sulfonamides is 1. The van der Waals surface area contributed by atoms with Crippen molar-refractivity contribution in [1.29, 1.82) is 0 Å². The van der Waals surface area contributed by atoms with E-state index in [2.05, 4.69) is 15.5 Å². The van der Waals surface area contributed by atoms with Crippen molar-refractivity contribution < 1.29 is 17.6 Å². The predicted octanol–water partition coefficient (Wildman–Crippen LogP) is 5.66. The third-order valence-corrected chi connectivity index (χ3v) is 8.51. The minimum Gasteiger partial charge on any atom is -0.459 e. The molecule has 0 atom stereocenters. The maximum atomic E-state index is 13.6. The monoisotopic (exact) mass is 589 g/mol. The van der Waals surface area contributed by atoms with Crippen LogP contribution in [-0.2, 0) is 23.1 Å². The lowest BCUT2D eigenvalue weighted by atomic mass is 10.1. The van der Waals surface area contributed by atoms with Crippen LogP contribution in [0.3, 0.4) is 0 Å². The van der Waals surface area contributed by atoms with Crippen LogP contribution in [0.1, 0.15) is 44.4 Å². The topological polar surface area (TPSA) is 109 Å². The van der Waals surface area contributed by atoms with Crippen LogP contribution in [0.4, 0.5) is 0 Å². The molecule has 0 bridgehead atoms. The molecule has 0 spiro atoms. The number of fused-ring (bicyclic) bond motifs is 1. The Kier molecular flexibility index (Phi) is 8.07. The van der Waals surface area contributed by atoms with Gasteiger partial charge >= 0.3 is 0 Å². The van der Waals surface area contributed by atoms with Gasteiger partial charge in [-0.15, -0.1) is 0 Å². The Morgan fingerprint density at radius 2 is 1.66 bits per heavy atom. The van der Waals surface area contributed by atoms with Crippen LogP contribution in [-0.4, -0.2) is 34.2 Å². The van der Waals surface area contributed by atoms with Crippen LogP contribution in [0.15, 0.2) is 93.4 Å². The maximum Gasteiger partial charge on any atom is 0.290 e. The summed E-state index contributed by atoms with van der Waals surface area (Å²) in [7, 11) is -3.83. The number of nitrogens with one attached hydrogen (secondary N) is 1. The number of pyridine rings is 1. The molecule has 11 heteroatoms. The molecule has 0 saturated carbocycles. The van der Waals surface area contributed by atoms with E-state index in [0.29, 0.717) is 33.6 Å². The molecule has 1 amide bonds. The molecule has 210 valence electrons. The van der Waals surface area contributed by atoms with Gasteiger partial charge in [-0.2, -0.15) is 9.41 Å². The molecule has 0 aliphatic rings. The van der Waals surface area contributed by atoms with Crippen LogP contribution in [0, 0.1) is 20.8 Å². The van der Waals surface area contributed by atoms with E-state index in [1.165, 1.54) is 10.5 Å². The fourth-order valence-electron chi connectivity index (χ4n) is 4.32. The van der Waals surface area contributed by atoms with Gasteiger partial charge in [0.05, 0.1) is 28.4 Å². The number of furan rings is 1. The van der Waals surface area contributed by atoms with Gasteiger partial charge in [0.2, 0.25) is 10.0 Å². The van der Waals surface area contributed by atoms with E-state index >= 15 is 0 Å². The molecule has 0 fully saturated rings. The van der Waals surface area contributed by atoms with Crippen LogP contribution < -0.4 is 5.43 Å². The molecule has 3 aromatic heterocycles. The van der Waals surface area contributed by atoms with Crippen molar-refractivity contribution in [3.05, 3.63) is 124 Å². The zero-order chi connectivity index (χ0) is 29.1. The van der Waals surface area contributed by atoms with Gasteiger partial charge in [0.1, 0.15) is 22.9 Å². The van der Waals surface area contributed by atoms with E-state index in [4.69, 9.17) is 16.0 Å². The average Bonchev–Trinajstić information content (AvgIpc) is 3.52. The summed E-state index contributed by atoms with van der Waals surface area (Å²) in [6, 6.07) is 21.3. The first-order chi connectivity index (χ1) is 19.6. The molecule has 0 radical (unpaired) electrons. The number of amides is 1. The molecule has 0 aliphatic heterocycles. The molecule has 1 N–H and O–H groups in total. The van der Waals surface area contributed by atoms with Gasteiger partial charge in [0.15, 0.2) is 0 Å². The number of aryl methyl sites for hydroxylation is 3. The fourth-order valence-corrected chi connectivity index (χ4v) is 5.88. The number of nitrogens with zero attached hydrogens (tertiary/aromatic N) is 4. The molecular formula is C30H28ClN5O4S. The molecule has 9 nitrogen and oxygen atoms in total. The highest BCUT2D eigenvalue weighted by atomic mass is 35.5. The first-order valence-electron chi connectivity index (χ1n) is 12.8. The third-order valence-electron chi connectivity index (χ3n) is 6.48. The summed E-state index contributed by atoms with van der Waals surface area (Å²) in [4.78, 5) is 17.4. The lowest BCUT2D eigenvalue weighted by molar-refractivity contribution is 0.0948. The summed E-state index contributed by atoms with van der Waals surface area (Å²) >= 11 is 6.08. The van der Waals surface area contributed by atoms with Gasteiger partial charge in [0, 0.05) is 12.7 Å². The minimum absolute atomic E-state index is 0.00601. The Labute approximate surface area is 243 Å². The number of carbonyl (C=O) groups is 1. The van der Waals surface area contributed by atoms with Gasteiger partial charge in [-0.25, -0.2) is 18.8 Å². The number of imidazole rings is 1. The summed E-state index contributed by atoms with van der Waals surface area (Å²) < 4.78 is 36.1. The molecule has 0 saturated heterocycles. The van der Waals surface area contributed by atoms with E-state index in [1.807, 2.05) is 38.1 Å². The zero-order valence-electron chi connectivity index (χ0n) is 22.7. The largest absolute Gasteiger partial charge is 0.459 e. The van der Waals surface area contributed by atoms with Gasteiger partial charge in [-0.05, 0) is 62.7 Å². The highest BCUT2D eigenvalue weighted by Gasteiger charge is 2.26. The second-order valence-corrected chi connectivity index (χ2v) is 12.1. The molecule has 2 aromatic carbocycles. The van der Waals surface area contributed by atoms with Gasteiger partial charge in [-0.1, -0.05) is 59.1 Å². The smallest absolute Gasteiger partial charge is 0.290 e. The number of hydrogen-bond donors (Lipinski definition) is 1. The van der Waals surface area contributed by atoms with Gasteiger partial charge in [0.25, 0.3) is 5.91 Å². The standard InChI is InChI=1S/C30H28ClN5O4S/c1-20-4-8-23(9-5-20)17-35(41(38,39)27-13-6-21(2)7-14-27)19-26-12-11-25(40-26)16-32-34-30(37)29-22(3)33-28-15-10-24(31)18-36(28)29/h4-16,18H,17,19H2,1-3H3,(H,34,37)/b32-16+. The second-order valence-electron chi connectivity index (χ2n) is 9.70. The Morgan fingerprint density at radius 3 is 2.37 bits per heavy atom. The van der Waals surface area contributed by atoms with E-state index < -0.39 is 15.9 Å². The van der Waals surface area contributed by atoms with Crippen LogP contribution in [0.25, 0.3) is 5.65 Å². The fraction of sp³-hybridized carbons (Fsp3) is 0.167. The lowest BCUT2D eigenvalue weighted by Gasteiger charge is -2.21. The Bertz CT molecular complexity index is 1840. The zero-order valence-corrected chi connectivity index (χ0v) is 24.3. The molecule has 0 unspecified atom stereocenters. The molecular weight excluding hydrogens is 562 g/mol. The Hall–Kier alpha value is -4.25. The number of hydrazone groups is 1. The van der Waals surface area contributed by atoms with Crippen molar-refractivity contribution in [3.63, 3.8) is 0 Å². The molecule has 5 aromatic rings. The van der Waals surface area contributed by atoms with Gasteiger partial charge < -0.3 is 4.42 Å². The van der Waals surface area contributed by atoms with Crippen molar-refractivity contribution >= 4 is 39.4 Å². The SMILES string of the molecule is Cc1ccc(CN(Cc2ccc(/C=N/NC(=O)c3c(C)nc4ccc(Cl)cn34)o2)S(=O)(=O)c2ccc(C)cc2)cc1. The van der Waals surface area contributed by atoms with Crippen molar-refractivity contribution in [2.45, 2.75) is 38.8 Å². The third kappa shape index (κ3) is 6.40. The molecule has 3 heterocycles. The first kappa shape index (κ1) is 28.3. The van der Waals surface area contributed by atoms with Crippen molar-refractivity contribution in [1.82, 2.24) is 19.1 Å². The second kappa shape index (κ2) is 11.7. The summed E-state index contributed by atoms with van der Waals surface area (Å²) in [6.07, 6.45) is 2.97. The number of rotatable bonds is 9. The lowest BCUT2D eigenvalue weighted by Crippen LogP contribution is -2.30. The average molecular weight is 590 g/mol. The van der Waals surface area contributed by atoms with E-state index in [0.717, 1.165) is 16.7 Å². The Morgan fingerprint density at radius 1 is 0.976 bits per heavy atom. The van der Waals surface area contributed by atoms with Crippen molar-refractivity contribution in [3.8, 4) is 0 Å². The molecule has 5 rings (SSSR count). The summed E-state index contributed by atoms with van der Waals surface area (Å²) in [5, 5.41) is 4.49. The quantitative estimate of drug-likeness (QED) is 0.176. The number of carbonyl (C=O) groups excluding carboxylic acids is 1. The number of halogens is 1. The Balaban J connectivity index is 1.33. The summed E-state index contributed by atoms with van der Waals surface area (Å²) in [5.41, 5.74) is 6.83. The predicted molar refractivity (Wildman–Crippen MR) is 157 cm³/mol. The minimum atomic E-state index is -3.83. The van der Waals surface area contributed by atoms with Gasteiger partial charge in [-0.3, -0.25) is 9.20 Å². The molecule has 0 aliphatic carbocycles. The number of aromatic nitrogens is 2. The van der Waals surface area contributed by atoms with Crippen molar-refractivity contribution in [2.75, 3.05) is 0 Å². The van der Waals surface area contributed by atoms with Crippen molar-refractivity contribution in [2.24, 2.45) is 5.10 Å². The van der Waals surface area contributed by atoms with Crippen LogP contribution >= 0.6 is 11.6 Å². The van der Waals surface area contributed by atoms with E-state index in [-0.39, 0.29) is 18.0 Å². The van der Waals surface area contributed by atoms with Crippen LogP contribution in [0.5, 0.6) is 0 Å². The van der Waals surface area contributed by atoms with E-state index in [1.54, 1.807) is 66.1 Å². The highest BCUT2D eigenvalue weighted by Crippen LogP contribution is 2.23. The summed E-state index contributed by atoms with van der Waals surface area (Å²) in [5.74, 6) is 0.308. The summed E-state index contributed by atoms with van der Waals surface area (Å²) in [6.45, 7) is 5.79. The normalized spacial score (nSPS) is 12.0. The first-order valence-corrected chi connectivity index (χ1v) is 14.6. The highest BCUT2D eigenvalue weighted by molar-refractivity contribution is 7.89.